The van der Waals surface area contributed by atoms with Crippen LogP contribution in [0.3, 0.4) is 0 Å². The van der Waals surface area contributed by atoms with Crippen molar-refractivity contribution in [3.63, 3.8) is 0 Å². The number of nitrogens with one attached hydrogen (secondary N) is 1. The molecule has 0 bridgehead atoms. The van der Waals surface area contributed by atoms with Crippen LogP contribution in [0.1, 0.15) is 29.5 Å². The Bertz CT molecular complexity index is 778. The average Bonchev–Trinajstić information content (AvgIpc) is 2.84. The molecule has 0 saturated carbocycles. The number of rotatable bonds is 2. The molecule has 0 amide bonds. The van der Waals surface area contributed by atoms with Crippen LogP contribution in [-0.2, 0) is 6.18 Å². The van der Waals surface area contributed by atoms with E-state index in [9.17, 15) is 23.1 Å². The SMILES string of the molecule is CC12CC=CC(O)=C1NC=C2C(=O)c1cccc(C(F)(F)F)n1. The van der Waals surface area contributed by atoms with E-state index >= 15 is 0 Å². The van der Waals surface area contributed by atoms with Gasteiger partial charge in [-0.2, -0.15) is 13.2 Å². The Morgan fingerprint density at radius 1 is 1.39 bits per heavy atom. The van der Waals surface area contributed by atoms with E-state index in [-0.39, 0.29) is 17.0 Å². The molecule has 2 N–H and O–H groups in total. The van der Waals surface area contributed by atoms with Crippen LogP contribution in [0.5, 0.6) is 0 Å². The molecule has 7 heteroatoms. The molecule has 1 atom stereocenters. The first-order valence-electron chi connectivity index (χ1n) is 6.90. The van der Waals surface area contributed by atoms with Gasteiger partial charge in [0.1, 0.15) is 17.1 Å². The summed E-state index contributed by atoms with van der Waals surface area (Å²) >= 11 is 0. The van der Waals surface area contributed by atoms with E-state index in [1.807, 2.05) is 0 Å². The third kappa shape index (κ3) is 2.42. The van der Waals surface area contributed by atoms with Crippen molar-refractivity contribution in [3.8, 4) is 0 Å². The lowest BCUT2D eigenvalue weighted by Crippen LogP contribution is -2.28. The largest absolute Gasteiger partial charge is 0.506 e. The summed E-state index contributed by atoms with van der Waals surface area (Å²) in [5.41, 5.74) is -1.44. The zero-order valence-corrected chi connectivity index (χ0v) is 12.1. The first kappa shape index (κ1) is 15.3. The third-order valence-corrected chi connectivity index (χ3v) is 4.08. The normalized spacial score (nSPS) is 23.4. The first-order valence-corrected chi connectivity index (χ1v) is 6.90. The minimum atomic E-state index is -4.61. The summed E-state index contributed by atoms with van der Waals surface area (Å²) in [6.45, 7) is 1.75. The summed E-state index contributed by atoms with van der Waals surface area (Å²) in [4.78, 5) is 16.1. The molecule has 0 fully saturated rings. The highest BCUT2D eigenvalue weighted by molar-refractivity contribution is 6.09. The fraction of sp³-hybridized carbons (Fsp3) is 0.250. The Labute approximate surface area is 130 Å². The summed E-state index contributed by atoms with van der Waals surface area (Å²) < 4.78 is 38.3. The molecule has 1 aliphatic heterocycles. The lowest BCUT2D eigenvalue weighted by molar-refractivity contribution is -0.141. The highest BCUT2D eigenvalue weighted by Gasteiger charge is 2.44. The first-order chi connectivity index (χ1) is 10.7. The molecule has 1 aliphatic carbocycles. The van der Waals surface area contributed by atoms with Crippen molar-refractivity contribution in [1.29, 1.82) is 0 Å². The lowest BCUT2D eigenvalue weighted by Gasteiger charge is -2.29. The van der Waals surface area contributed by atoms with E-state index < -0.39 is 23.1 Å². The number of nitrogens with zero attached hydrogens (tertiary/aromatic N) is 1. The highest BCUT2D eigenvalue weighted by atomic mass is 19.4. The van der Waals surface area contributed by atoms with Gasteiger partial charge >= 0.3 is 6.18 Å². The molecular formula is C16H13F3N2O2. The number of alkyl halides is 3. The Balaban J connectivity index is 1.98. The average molecular weight is 322 g/mol. The second-order valence-corrected chi connectivity index (χ2v) is 5.64. The number of hydrogen-bond acceptors (Lipinski definition) is 4. The molecule has 23 heavy (non-hydrogen) atoms. The second-order valence-electron chi connectivity index (χ2n) is 5.64. The maximum atomic E-state index is 12.8. The van der Waals surface area contributed by atoms with Crippen molar-refractivity contribution in [2.75, 3.05) is 0 Å². The van der Waals surface area contributed by atoms with Crippen LogP contribution in [0.4, 0.5) is 13.2 Å². The van der Waals surface area contributed by atoms with Crippen molar-refractivity contribution < 1.29 is 23.1 Å². The van der Waals surface area contributed by atoms with Gasteiger partial charge in [0.2, 0.25) is 5.78 Å². The molecule has 0 saturated heterocycles. The minimum absolute atomic E-state index is 0.00908. The van der Waals surface area contributed by atoms with Gasteiger partial charge in [-0.25, -0.2) is 4.98 Å². The van der Waals surface area contributed by atoms with Crippen LogP contribution in [0.15, 0.2) is 53.6 Å². The molecule has 1 unspecified atom stereocenters. The minimum Gasteiger partial charge on any atom is -0.506 e. The Morgan fingerprint density at radius 3 is 2.83 bits per heavy atom. The van der Waals surface area contributed by atoms with Crippen LogP contribution in [-0.4, -0.2) is 15.9 Å². The van der Waals surface area contributed by atoms with Gasteiger partial charge in [-0.15, -0.1) is 0 Å². The maximum absolute atomic E-state index is 12.8. The zero-order valence-electron chi connectivity index (χ0n) is 12.1. The number of allylic oxidation sites excluding steroid dienone is 3. The van der Waals surface area contributed by atoms with Gasteiger partial charge in [-0.3, -0.25) is 4.79 Å². The number of aromatic nitrogens is 1. The van der Waals surface area contributed by atoms with Crippen LogP contribution in [0.25, 0.3) is 0 Å². The fourth-order valence-electron chi connectivity index (χ4n) is 2.83. The number of fused-ring (bicyclic) bond motifs is 1. The van der Waals surface area contributed by atoms with E-state index in [0.29, 0.717) is 12.1 Å². The number of halogens is 3. The van der Waals surface area contributed by atoms with E-state index in [2.05, 4.69) is 10.3 Å². The van der Waals surface area contributed by atoms with Gasteiger partial charge < -0.3 is 10.4 Å². The number of carbonyl (C=O) groups excluding carboxylic acids is 1. The van der Waals surface area contributed by atoms with Gasteiger partial charge in [0, 0.05) is 17.2 Å². The van der Waals surface area contributed by atoms with Crippen LogP contribution >= 0.6 is 0 Å². The number of Topliss-reactive ketones (excluding diaryl/α,β-unsaturated/α-hetero) is 1. The standard InChI is InChI=1S/C16H13F3N2O2/c1-15-7-3-5-11(22)14(15)20-8-9(15)13(23)10-4-2-6-12(21-10)16(17,18)19/h2-6,8,20,22H,7H2,1H3. The number of ketones is 1. The summed E-state index contributed by atoms with van der Waals surface area (Å²) in [7, 11) is 0. The fourth-order valence-corrected chi connectivity index (χ4v) is 2.83. The van der Waals surface area contributed by atoms with Gasteiger partial charge in [0.25, 0.3) is 0 Å². The molecule has 1 aromatic rings. The molecule has 120 valence electrons. The Kier molecular flexibility index (Phi) is 3.31. The van der Waals surface area contributed by atoms with Crippen molar-refractivity contribution in [3.05, 3.63) is 65.0 Å². The van der Waals surface area contributed by atoms with E-state index in [0.717, 1.165) is 12.1 Å². The molecule has 0 spiro atoms. The molecule has 4 nitrogen and oxygen atoms in total. The molecule has 2 aliphatic rings. The second kappa shape index (κ2) is 4.97. The quantitative estimate of drug-likeness (QED) is 0.818. The summed E-state index contributed by atoms with van der Waals surface area (Å²) in [6.07, 6.45) is 0.499. The lowest BCUT2D eigenvalue weighted by atomic mass is 9.74. The van der Waals surface area contributed by atoms with Gasteiger partial charge in [0.05, 0.1) is 5.70 Å². The van der Waals surface area contributed by atoms with E-state index in [4.69, 9.17) is 0 Å². The smallest absolute Gasteiger partial charge is 0.433 e. The van der Waals surface area contributed by atoms with E-state index in [1.165, 1.54) is 18.3 Å². The third-order valence-electron chi connectivity index (χ3n) is 4.08. The van der Waals surface area contributed by atoms with Gasteiger partial charge in [0.15, 0.2) is 0 Å². The molecule has 0 radical (unpaired) electrons. The summed E-state index contributed by atoms with van der Waals surface area (Å²) in [5, 5.41) is 12.7. The summed E-state index contributed by atoms with van der Waals surface area (Å²) in [5.74, 6) is -0.584. The van der Waals surface area contributed by atoms with Crippen LogP contribution < -0.4 is 5.32 Å². The number of pyridine rings is 1. The summed E-state index contributed by atoms with van der Waals surface area (Å²) in [6, 6.07) is 3.23. The van der Waals surface area contributed by atoms with Gasteiger partial charge in [-0.05, 0) is 31.6 Å². The number of hydrogen-bond donors (Lipinski definition) is 2. The molecule has 0 aromatic carbocycles. The highest BCUT2D eigenvalue weighted by Crippen LogP contribution is 2.46. The van der Waals surface area contributed by atoms with Crippen molar-refractivity contribution >= 4 is 5.78 Å². The molecule has 2 heterocycles. The van der Waals surface area contributed by atoms with Crippen molar-refractivity contribution in [1.82, 2.24) is 10.3 Å². The maximum Gasteiger partial charge on any atom is 0.433 e. The Hall–Kier alpha value is -2.57. The van der Waals surface area contributed by atoms with Gasteiger partial charge in [-0.1, -0.05) is 12.1 Å². The predicted octanol–water partition coefficient (Wildman–Crippen LogP) is 3.51. The number of aliphatic hydroxyl groups excluding tert-OH is 1. The molecule has 3 rings (SSSR count). The van der Waals surface area contributed by atoms with Crippen molar-refractivity contribution in [2.24, 2.45) is 5.41 Å². The van der Waals surface area contributed by atoms with Crippen LogP contribution in [0, 0.1) is 5.41 Å². The Morgan fingerprint density at radius 2 is 2.13 bits per heavy atom. The topological polar surface area (TPSA) is 62.2 Å². The zero-order chi connectivity index (χ0) is 16.8. The number of carbonyl (C=O) groups is 1. The molecule has 1 aromatic heterocycles. The van der Waals surface area contributed by atoms with Crippen molar-refractivity contribution in [2.45, 2.75) is 19.5 Å². The number of aliphatic hydroxyl groups is 1. The van der Waals surface area contributed by atoms with Crippen LogP contribution in [0.2, 0.25) is 0 Å². The molecular weight excluding hydrogens is 309 g/mol. The predicted molar refractivity (Wildman–Crippen MR) is 76.3 cm³/mol. The van der Waals surface area contributed by atoms with E-state index in [1.54, 1.807) is 13.0 Å². The monoisotopic (exact) mass is 322 g/mol.